The Morgan fingerprint density at radius 2 is 2.11 bits per heavy atom. The van der Waals surface area contributed by atoms with Gasteiger partial charge in [0.15, 0.2) is 5.96 Å². The third-order valence-electron chi connectivity index (χ3n) is 3.69. The van der Waals surface area contributed by atoms with Crippen molar-refractivity contribution in [1.82, 2.24) is 10.6 Å². The average molecular weight is 499 g/mol. The van der Waals surface area contributed by atoms with Gasteiger partial charge in [0.1, 0.15) is 11.5 Å². The van der Waals surface area contributed by atoms with E-state index in [-0.39, 0.29) is 36.6 Å². The van der Waals surface area contributed by atoms with Gasteiger partial charge >= 0.3 is 0 Å². The molecule has 0 fully saturated rings. The monoisotopic (exact) mass is 499 g/mol. The first-order chi connectivity index (χ1) is 13.1. The minimum atomic E-state index is -0.715. The summed E-state index contributed by atoms with van der Waals surface area (Å²) in [5.74, 6) is 2.27. The molecule has 2 rings (SSSR count). The Morgan fingerprint density at radius 1 is 1.29 bits per heavy atom. The lowest BCUT2D eigenvalue weighted by atomic mass is 10.1. The predicted molar refractivity (Wildman–Crippen MR) is 123 cm³/mol. The molecule has 6 nitrogen and oxygen atoms in total. The molecule has 0 aliphatic carbocycles. The van der Waals surface area contributed by atoms with Crippen molar-refractivity contribution in [3.05, 3.63) is 66.6 Å². The summed E-state index contributed by atoms with van der Waals surface area (Å²) in [4.78, 5) is 4.47. The highest BCUT2D eigenvalue weighted by atomic mass is 127. The molecule has 2 aromatic rings. The van der Waals surface area contributed by atoms with E-state index in [0.717, 1.165) is 23.5 Å². The van der Waals surface area contributed by atoms with Gasteiger partial charge < -0.3 is 24.9 Å². The van der Waals surface area contributed by atoms with Crippen LogP contribution in [0.1, 0.15) is 31.3 Å². The Hall–Kier alpha value is -2.00. The molecular formula is C21H30IN3O3. The van der Waals surface area contributed by atoms with E-state index in [2.05, 4.69) is 22.2 Å². The van der Waals surface area contributed by atoms with Crippen molar-refractivity contribution in [3.8, 4) is 5.75 Å². The molecule has 1 unspecified atom stereocenters. The molecule has 1 aromatic heterocycles. The third kappa shape index (κ3) is 8.79. The summed E-state index contributed by atoms with van der Waals surface area (Å²) in [6.45, 7) is 9.14. The normalized spacial score (nSPS) is 12.2. The average Bonchev–Trinajstić information content (AvgIpc) is 3.16. The van der Waals surface area contributed by atoms with Crippen molar-refractivity contribution in [2.75, 3.05) is 19.6 Å². The minimum absolute atomic E-state index is 0. The van der Waals surface area contributed by atoms with Crippen molar-refractivity contribution in [3.63, 3.8) is 0 Å². The smallest absolute Gasteiger partial charge is 0.191 e. The van der Waals surface area contributed by atoms with Crippen LogP contribution in [0.15, 0.2) is 64.7 Å². The number of nitrogens with one attached hydrogen (secondary N) is 2. The lowest BCUT2D eigenvalue weighted by Gasteiger charge is -2.15. The zero-order valence-electron chi connectivity index (χ0n) is 16.4. The number of furan rings is 1. The molecule has 28 heavy (non-hydrogen) atoms. The molecule has 154 valence electrons. The van der Waals surface area contributed by atoms with Gasteiger partial charge in [0.05, 0.1) is 25.0 Å². The van der Waals surface area contributed by atoms with Gasteiger partial charge in [-0.2, -0.15) is 0 Å². The van der Waals surface area contributed by atoms with E-state index in [1.165, 1.54) is 0 Å². The zero-order chi connectivity index (χ0) is 19.5. The molecular weight excluding hydrogens is 469 g/mol. The Kier molecular flexibility index (Phi) is 11.4. The third-order valence-corrected chi connectivity index (χ3v) is 3.69. The summed E-state index contributed by atoms with van der Waals surface area (Å²) >= 11 is 0. The molecule has 0 bridgehead atoms. The maximum Gasteiger partial charge on any atom is 0.191 e. The van der Waals surface area contributed by atoms with Gasteiger partial charge in [-0.1, -0.05) is 18.2 Å². The summed E-state index contributed by atoms with van der Waals surface area (Å²) in [6, 6.07) is 11.3. The first kappa shape index (κ1) is 24.0. The number of hydrogen-bond acceptors (Lipinski definition) is 4. The number of aliphatic hydroxyl groups excluding tert-OH is 1. The van der Waals surface area contributed by atoms with E-state index in [9.17, 15) is 5.11 Å². The van der Waals surface area contributed by atoms with Crippen LogP contribution in [0.2, 0.25) is 0 Å². The maximum absolute atomic E-state index is 10.5. The largest absolute Gasteiger partial charge is 0.491 e. The van der Waals surface area contributed by atoms with Gasteiger partial charge in [0.25, 0.3) is 0 Å². The maximum atomic E-state index is 10.5. The van der Waals surface area contributed by atoms with Crippen molar-refractivity contribution in [2.45, 2.75) is 32.5 Å². The second-order valence-corrected chi connectivity index (χ2v) is 6.37. The number of benzene rings is 1. The van der Waals surface area contributed by atoms with Crippen LogP contribution in [-0.4, -0.2) is 36.8 Å². The second kappa shape index (κ2) is 13.2. The number of halogens is 1. The van der Waals surface area contributed by atoms with Gasteiger partial charge in [-0.3, -0.25) is 4.99 Å². The SMILES string of the molecule is C=CCNC(=NCC(O)c1cccc(OC(C)C)c1)NCCc1ccco1.I. The van der Waals surface area contributed by atoms with Crippen LogP contribution in [0.5, 0.6) is 5.75 Å². The Balaban J connectivity index is 0.00000392. The summed E-state index contributed by atoms with van der Waals surface area (Å²) in [5.41, 5.74) is 0.774. The van der Waals surface area contributed by atoms with Crippen LogP contribution in [-0.2, 0) is 6.42 Å². The van der Waals surface area contributed by atoms with Crippen molar-refractivity contribution < 1.29 is 14.3 Å². The summed E-state index contributed by atoms with van der Waals surface area (Å²) in [7, 11) is 0. The summed E-state index contributed by atoms with van der Waals surface area (Å²) in [6.07, 6.45) is 3.54. The van der Waals surface area contributed by atoms with E-state index in [4.69, 9.17) is 9.15 Å². The molecule has 1 heterocycles. The van der Waals surface area contributed by atoms with E-state index in [0.29, 0.717) is 19.0 Å². The molecule has 0 aliphatic heterocycles. The zero-order valence-corrected chi connectivity index (χ0v) is 18.8. The van der Waals surface area contributed by atoms with E-state index < -0.39 is 6.10 Å². The van der Waals surface area contributed by atoms with Crippen molar-refractivity contribution >= 4 is 29.9 Å². The minimum Gasteiger partial charge on any atom is -0.491 e. The summed E-state index contributed by atoms with van der Waals surface area (Å²) < 4.78 is 11.0. The Labute approximate surface area is 184 Å². The summed E-state index contributed by atoms with van der Waals surface area (Å²) in [5, 5.41) is 16.9. The van der Waals surface area contributed by atoms with E-state index in [1.807, 2.05) is 50.2 Å². The quantitative estimate of drug-likeness (QED) is 0.201. The van der Waals surface area contributed by atoms with Gasteiger partial charge in [-0.05, 0) is 43.7 Å². The van der Waals surface area contributed by atoms with Gasteiger partial charge in [0, 0.05) is 19.5 Å². The Morgan fingerprint density at radius 3 is 2.79 bits per heavy atom. The van der Waals surface area contributed by atoms with Gasteiger partial charge in [-0.25, -0.2) is 0 Å². The fraction of sp³-hybridized carbons (Fsp3) is 0.381. The highest BCUT2D eigenvalue weighted by Crippen LogP contribution is 2.20. The number of aliphatic imine (C=N–C) groups is 1. The van der Waals surface area contributed by atoms with Crippen molar-refractivity contribution in [2.24, 2.45) is 4.99 Å². The molecule has 0 saturated carbocycles. The molecule has 0 aliphatic rings. The molecule has 0 spiro atoms. The number of ether oxygens (including phenoxy) is 1. The highest BCUT2D eigenvalue weighted by Gasteiger charge is 2.09. The van der Waals surface area contributed by atoms with Gasteiger partial charge in [-0.15, -0.1) is 30.6 Å². The number of aliphatic hydroxyl groups is 1. The van der Waals surface area contributed by atoms with Crippen LogP contribution in [0, 0.1) is 0 Å². The molecule has 3 N–H and O–H groups in total. The number of nitrogens with zero attached hydrogens (tertiary/aromatic N) is 1. The molecule has 0 saturated heterocycles. The van der Waals surface area contributed by atoms with Crippen LogP contribution >= 0.6 is 24.0 Å². The Bertz CT molecular complexity index is 717. The first-order valence-electron chi connectivity index (χ1n) is 9.18. The molecule has 1 atom stereocenters. The number of guanidine groups is 1. The van der Waals surface area contributed by atoms with Crippen LogP contribution in [0.25, 0.3) is 0 Å². The molecule has 7 heteroatoms. The lowest BCUT2D eigenvalue weighted by Crippen LogP contribution is -2.38. The fourth-order valence-electron chi connectivity index (χ4n) is 2.45. The standard InChI is InChI=1S/C21H29N3O3.HI/c1-4-11-22-21(23-12-10-18-9-6-13-26-18)24-15-20(25)17-7-5-8-19(14-17)27-16(2)3;/h4-9,13-14,16,20,25H,1,10-12,15H2,2-3H3,(H2,22,23,24);1H. The number of hydrogen-bond donors (Lipinski definition) is 3. The predicted octanol–water partition coefficient (Wildman–Crippen LogP) is 3.68. The fourth-order valence-corrected chi connectivity index (χ4v) is 2.45. The highest BCUT2D eigenvalue weighted by molar-refractivity contribution is 14.0. The lowest BCUT2D eigenvalue weighted by molar-refractivity contribution is 0.185. The van der Waals surface area contributed by atoms with Crippen LogP contribution in [0.3, 0.4) is 0 Å². The number of rotatable bonds is 10. The molecule has 0 amide bonds. The topological polar surface area (TPSA) is 79.0 Å². The first-order valence-corrected chi connectivity index (χ1v) is 9.18. The van der Waals surface area contributed by atoms with Crippen molar-refractivity contribution in [1.29, 1.82) is 0 Å². The van der Waals surface area contributed by atoms with Crippen LogP contribution in [0.4, 0.5) is 0 Å². The van der Waals surface area contributed by atoms with Gasteiger partial charge in [0.2, 0.25) is 0 Å². The molecule has 1 aromatic carbocycles. The second-order valence-electron chi connectivity index (χ2n) is 6.37. The van der Waals surface area contributed by atoms with E-state index in [1.54, 1.807) is 12.3 Å². The van der Waals surface area contributed by atoms with Crippen LogP contribution < -0.4 is 15.4 Å². The van der Waals surface area contributed by atoms with E-state index >= 15 is 0 Å². The molecule has 0 radical (unpaired) electrons.